The first kappa shape index (κ1) is 14.9. The van der Waals surface area contributed by atoms with Crippen molar-refractivity contribution < 1.29 is 14.7 Å². The highest BCUT2D eigenvalue weighted by molar-refractivity contribution is 6.34. The Morgan fingerprint density at radius 3 is 2.43 bits per heavy atom. The number of nitrogen functional groups attached to an aromatic ring is 1. The van der Waals surface area contributed by atoms with E-state index in [0.717, 1.165) is 0 Å². The quantitative estimate of drug-likeness (QED) is 0.854. The van der Waals surface area contributed by atoms with Crippen LogP contribution in [0, 0.1) is 0 Å². The first-order chi connectivity index (χ1) is 9.91. The van der Waals surface area contributed by atoms with E-state index in [1.807, 2.05) is 0 Å². The summed E-state index contributed by atoms with van der Waals surface area (Å²) in [5.41, 5.74) is 6.87. The minimum atomic E-state index is -1.08. The molecule has 0 heterocycles. The molecule has 0 spiro atoms. The number of rotatable bonds is 3. The molecule has 0 aliphatic carbocycles. The molecule has 0 unspecified atom stereocenters. The first-order valence-electron chi connectivity index (χ1n) is 6.07. The van der Waals surface area contributed by atoms with Crippen LogP contribution in [0.5, 0.6) is 0 Å². The topological polar surface area (TPSA) is 83.6 Å². The maximum Gasteiger partial charge on any atom is 0.335 e. The van der Waals surface area contributed by atoms with Crippen LogP contribution in [0.3, 0.4) is 0 Å². The molecule has 0 saturated carbocycles. The Morgan fingerprint density at radius 2 is 1.86 bits per heavy atom. The Balaban J connectivity index is 2.36. The monoisotopic (exact) mass is 304 g/mol. The van der Waals surface area contributed by atoms with Gasteiger partial charge in [-0.05, 0) is 30.3 Å². The fraction of sp³-hybridized carbons (Fsp3) is 0.0667. The molecular weight excluding hydrogens is 292 g/mol. The number of aromatic carboxylic acids is 1. The van der Waals surface area contributed by atoms with E-state index >= 15 is 0 Å². The number of nitrogens with two attached hydrogens (primary N) is 1. The molecule has 5 nitrogen and oxygen atoms in total. The number of hydrogen-bond donors (Lipinski definition) is 2. The molecule has 0 aliphatic rings. The molecule has 2 aromatic carbocycles. The number of hydrogen-bond acceptors (Lipinski definition) is 3. The van der Waals surface area contributed by atoms with E-state index in [1.165, 1.54) is 23.1 Å². The minimum absolute atomic E-state index is 0.0647. The number of carboxylic acids is 1. The number of carboxylic acid groups (broad SMARTS) is 1. The lowest BCUT2D eigenvalue weighted by atomic mass is 10.1. The Morgan fingerprint density at radius 1 is 1.19 bits per heavy atom. The van der Waals surface area contributed by atoms with Gasteiger partial charge in [-0.25, -0.2) is 4.79 Å². The maximum absolute atomic E-state index is 12.4. The standard InChI is InChI=1S/C15H13ClN2O3/c1-18(14(19)10-4-2-3-5-11(10)16)13-7-6-9(15(20)21)8-12(13)17/h2-8H,17H2,1H3,(H,20,21). The van der Waals surface area contributed by atoms with Crippen molar-refractivity contribution in [2.24, 2.45) is 0 Å². The van der Waals surface area contributed by atoms with Gasteiger partial charge in [0.05, 0.1) is 27.5 Å². The van der Waals surface area contributed by atoms with Gasteiger partial charge in [-0.3, -0.25) is 4.79 Å². The summed E-state index contributed by atoms with van der Waals surface area (Å²) in [6, 6.07) is 10.9. The molecule has 0 bridgehead atoms. The molecule has 3 N–H and O–H groups in total. The summed E-state index contributed by atoms with van der Waals surface area (Å²) in [7, 11) is 1.55. The minimum Gasteiger partial charge on any atom is -0.478 e. The van der Waals surface area contributed by atoms with Gasteiger partial charge in [0.15, 0.2) is 0 Å². The van der Waals surface area contributed by atoms with Crippen LogP contribution in [-0.4, -0.2) is 24.0 Å². The lowest BCUT2D eigenvalue weighted by molar-refractivity contribution is 0.0697. The summed E-state index contributed by atoms with van der Waals surface area (Å²) in [6.07, 6.45) is 0. The number of nitrogens with zero attached hydrogens (tertiary/aromatic N) is 1. The molecule has 1 amide bonds. The van der Waals surface area contributed by atoms with Crippen LogP contribution >= 0.6 is 11.6 Å². The van der Waals surface area contributed by atoms with Crippen LogP contribution in [0.4, 0.5) is 11.4 Å². The lowest BCUT2D eigenvalue weighted by Crippen LogP contribution is -2.27. The van der Waals surface area contributed by atoms with E-state index in [0.29, 0.717) is 16.3 Å². The number of halogens is 1. The average Bonchev–Trinajstić information content (AvgIpc) is 2.46. The zero-order chi connectivity index (χ0) is 15.6. The zero-order valence-electron chi connectivity index (χ0n) is 11.2. The predicted molar refractivity (Wildman–Crippen MR) is 82.0 cm³/mol. The van der Waals surface area contributed by atoms with Crippen molar-refractivity contribution in [3.05, 3.63) is 58.6 Å². The van der Waals surface area contributed by atoms with E-state index in [-0.39, 0.29) is 17.2 Å². The maximum atomic E-state index is 12.4. The molecule has 108 valence electrons. The van der Waals surface area contributed by atoms with Gasteiger partial charge in [0, 0.05) is 7.05 Å². The van der Waals surface area contributed by atoms with Crippen LogP contribution in [0.1, 0.15) is 20.7 Å². The van der Waals surface area contributed by atoms with Crippen molar-refractivity contribution in [3.8, 4) is 0 Å². The van der Waals surface area contributed by atoms with Gasteiger partial charge >= 0.3 is 5.97 Å². The van der Waals surface area contributed by atoms with Crippen LogP contribution < -0.4 is 10.6 Å². The predicted octanol–water partition coefficient (Wildman–Crippen LogP) is 2.90. The van der Waals surface area contributed by atoms with E-state index < -0.39 is 5.97 Å². The van der Waals surface area contributed by atoms with E-state index in [2.05, 4.69) is 0 Å². The van der Waals surface area contributed by atoms with Crippen molar-refractivity contribution in [2.75, 3.05) is 17.7 Å². The molecule has 0 radical (unpaired) electrons. The zero-order valence-corrected chi connectivity index (χ0v) is 12.0. The number of benzene rings is 2. The molecule has 0 aliphatic heterocycles. The summed E-state index contributed by atoms with van der Waals surface area (Å²) >= 11 is 6.00. The summed E-state index contributed by atoms with van der Waals surface area (Å²) in [4.78, 5) is 24.6. The Hall–Kier alpha value is -2.53. The molecule has 2 aromatic rings. The number of carbonyl (C=O) groups excluding carboxylic acids is 1. The molecule has 21 heavy (non-hydrogen) atoms. The normalized spacial score (nSPS) is 10.2. The fourth-order valence-corrected chi connectivity index (χ4v) is 2.13. The van der Waals surface area contributed by atoms with Crippen molar-refractivity contribution >= 4 is 34.9 Å². The van der Waals surface area contributed by atoms with Gasteiger partial charge in [0.2, 0.25) is 0 Å². The van der Waals surface area contributed by atoms with Gasteiger partial charge in [-0.15, -0.1) is 0 Å². The molecular formula is C15H13ClN2O3. The molecule has 6 heteroatoms. The third-order valence-electron chi connectivity index (χ3n) is 3.04. The van der Waals surface area contributed by atoms with Gasteiger partial charge < -0.3 is 15.7 Å². The number of amides is 1. The van der Waals surface area contributed by atoms with Crippen molar-refractivity contribution in [1.29, 1.82) is 0 Å². The highest BCUT2D eigenvalue weighted by Crippen LogP contribution is 2.26. The third kappa shape index (κ3) is 2.98. The summed E-state index contributed by atoms with van der Waals surface area (Å²) in [5, 5.41) is 9.25. The fourth-order valence-electron chi connectivity index (χ4n) is 1.92. The van der Waals surface area contributed by atoms with E-state index in [9.17, 15) is 9.59 Å². The average molecular weight is 305 g/mol. The molecule has 0 atom stereocenters. The second kappa shape index (κ2) is 5.85. The van der Waals surface area contributed by atoms with Gasteiger partial charge in [-0.2, -0.15) is 0 Å². The molecule has 0 fully saturated rings. The highest BCUT2D eigenvalue weighted by atomic mass is 35.5. The SMILES string of the molecule is CN(C(=O)c1ccccc1Cl)c1ccc(C(=O)O)cc1N. The van der Waals surface area contributed by atoms with Gasteiger partial charge in [0.1, 0.15) is 0 Å². The summed E-state index contributed by atoms with van der Waals surface area (Å²) in [6.45, 7) is 0. The highest BCUT2D eigenvalue weighted by Gasteiger charge is 2.18. The first-order valence-corrected chi connectivity index (χ1v) is 6.45. The molecule has 0 aromatic heterocycles. The van der Waals surface area contributed by atoms with Crippen LogP contribution in [-0.2, 0) is 0 Å². The summed E-state index contributed by atoms with van der Waals surface area (Å²) < 4.78 is 0. The van der Waals surface area contributed by atoms with Crippen molar-refractivity contribution in [1.82, 2.24) is 0 Å². The Labute approximate surface area is 126 Å². The largest absolute Gasteiger partial charge is 0.478 e. The van der Waals surface area contributed by atoms with Crippen LogP contribution in [0.2, 0.25) is 5.02 Å². The van der Waals surface area contributed by atoms with E-state index in [4.69, 9.17) is 22.4 Å². The van der Waals surface area contributed by atoms with Crippen LogP contribution in [0.15, 0.2) is 42.5 Å². The second-order valence-corrected chi connectivity index (χ2v) is 4.83. The van der Waals surface area contributed by atoms with Crippen molar-refractivity contribution in [2.45, 2.75) is 0 Å². The van der Waals surface area contributed by atoms with Gasteiger partial charge in [-0.1, -0.05) is 23.7 Å². The van der Waals surface area contributed by atoms with Crippen molar-refractivity contribution in [3.63, 3.8) is 0 Å². The molecule has 2 rings (SSSR count). The number of anilines is 2. The Bertz CT molecular complexity index is 716. The van der Waals surface area contributed by atoms with Crippen LogP contribution in [0.25, 0.3) is 0 Å². The lowest BCUT2D eigenvalue weighted by Gasteiger charge is -2.20. The third-order valence-corrected chi connectivity index (χ3v) is 3.37. The Kier molecular flexibility index (Phi) is 4.14. The smallest absolute Gasteiger partial charge is 0.335 e. The van der Waals surface area contributed by atoms with Gasteiger partial charge in [0.25, 0.3) is 5.91 Å². The molecule has 0 saturated heterocycles. The summed E-state index contributed by atoms with van der Waals surface area (Å²) in [5.74, 6) is -1.40. The second-order valence-electron chi connectivity index (χ2n) is 4.42. The van der Waals surface area contributed by atoms with E-state index in [1.54, 1.807) is 31.3 Å². The number of carbonyl (C=O) groups is 2.